The lowest BCUT2D eigenvalue weighted by atomic mass is 10.0. The number of unbranched alkanes of at least 4 members (excludes halogenated alkanes) is 7. The van der Waals surface area contributed by atoms with E-state index in [0.717, 1.165) is 18.4 Å². The topological polar surface area (TPSA) is 74.9 Å². The number of aliphatic hydroxyl groups is 1. The fourth-order valence-electron chi connectivity index (χ4n) is 2.20. The van der Waals surface area contributed by atoms with E-state index in [9.17, 15) is 5.11 Å². The van der Waals surface area contributed by atoms with Crippen LogP contribution in [0.5, 0.6) is 0 Å². The monoisotopic (exact) mass is 253 g/mol. The van der Waals surface area contributed by atoms with Crippen molar-refractivity contribution in [2.75, 3.05) is 5.73 Å². The zero-order chi connectivity index (χ0) is 13.2. The van der Waals surface area contributed by atoms with Crippen LogP contribution in [-0.2, 0) is 0 Å². The van der Waals surface area contributed by atoms with Crippen LogP contribution >= 0.6 is 0 Å². The van der Waals surface area contributed by atoms with Crippen molar-refractivity contribution >= 4 is 5.82 Å². The maximum Gasteiger partial charge on any atom is 0.124 e. The van der Waals surface area contributed by atoms with Crippen LogP contribution in [0.1, 0.15) is 76.4 Å². The van der Waals surface area contributed by atoms with Crippen molar-refractivity contribution in [2.45, 2.75) is 70.8 Å². The van der Waals surface area contributed by atoms with Gasteiger partial charge in [-0.25, -0.2) is 0 Å². The Morgan fingerprint density at radius 1 is 1.17 bits per heavy atom. The lowest BCUT2D eigenvalue weighted by Crippen LogP contribution is -2.00. The molecular formula is C14H27N3O. The summed E-state index contributed by atoms with van der Waals surface area (Å²) in [7, 11) is 0. The molecule has 0 spiro atoms. The van der Waals surface area contributed by atoms with Crippen LogP contribution < -0.4 is 5.73 Å². The summed E-state index contributed by atoms with van der Waals surface area (Å²) in [5.74, 6) is 0.488. The fourth-order valence-corrected chi connectivity index (χ4v) is 2.20. The third-order valence-electron chi connectivity index (χ3n) is 3.39. The Morgan fingerprint density at radius 3 is 2.33 bits per heavy atom. The van der Waals surface area contributed by atoms with Gasteiger partial charge in [0.1, 0.15) is 5.82 Å². The van der Waals surface area contributed by atoms with E-state index in [0.29, 0.717) is 5.82 Å². The first-order chi connectivity index (χ1) is 8.75. The van der Waals surface area contributed by atoms with Crippen molar-refractivity contribution < 1.29 is 5.11 Å². The van der Waals surface area contributed by atoms with Crippen molar-refractivity contribution in [3.05, 3.63) is 11.8 Å². The molecule has 104 valence electrons. The molecule has 0 saturated heterocycles. The summed E-state index contributed by atoms with van der Waals surface area (Å²) in [5, 5.41) is 16.4. The lowest BCUT2D eigenvalue weighted by molar-refractivity contribution is 0.164. The molecule has 0 aromatic carbocycles. The molecule has 1 rings (SSSR count). The number of nitrogens with one attached hydrogen (secondary N) is 1. The van der Waals surface area contributed by atoms with Crippen molar-refractivity contribution in [1.29, 1.82) is 0 Å². The molecule has 1 aromatic heterocycles. The van der Waals surface area contributed by atoms with E-state index in [1.54, 1.807) is 6.20 Å². The highest BCUT2D eigenvalue weighted by molar-refractivity contribution is 5.38. The van der Waals surface area contributed by atoms with Gasteiger partial charge in [-0.15, -0.1) is 0 Å². The number of nitrogens with two attached hydrogens (primary N) is 1. The predicted molar refractivity (Wildman–Crippen MR) is 75.2 cm³/mol. The molecule has 1 heterocycles. The van der Waals surface area contributed by atoms with E-state index in [-0.39, 0.29) is 0 Å². The van der Waals surface area contributed by atoms with E-state index >= 15 is 0 Å². The molecule has 1 atom stereocenters. The van der Waals surface area contributed by atoms with Crippen LogP contribution in [0.4, 0.5) is 5.82 Å². The minimum Gasteiger partial charge on any atom is -0.388 e. The summed E-state index contributed by atoms with van der Waals surface area (Å²) < 4.78 is 0. The summed E-state index contributed by atoms with van der Waals surface area (Å²) >= 11 is 0. The van der Waals surface area contributed by atoms with Gasteiger partial charge in [-0.1, -0.05) is 58.3 Å². The first-order valence-corrected chi connectivity index (χ1v) is 7.22. The number of aliphatic hydroxyl groups excluding tert-OH is 1. The first kappa shape index (κ1) is 15.0. The predicted octanol–water partition coefficient (Wildman–Crippen LogP) is 3.56. The van der Waals surface area contributed by atoms with Crippen LogP contribution in [-0.4, -0.2) is 15.3 Å². The normalized spacial score (nSPS) is 12.8. The number of hydrogen-bond donors (Lipinski definition) is 3. The average molecular weight is 253 g/mol. The molecule has 1 unspecified atom stereocenters. The first-order valence-electron chi connectivity index (χ1n) is 7.22. The van der Waals surface area contributed by atoms with Crippen LogP contribution in [0.3, 0.4) is 0 Å². The van der Waals surface area contributed by atoms with Gasteiger partial charge in [-0.2, -0.15) is 5.10 Å². The maximum absolute atomic E-state index is 9.92. The Balaban J connectivity index is 1.99. The molecular weight excluding hydrogens is 226 g/mol. The van der Waals surface area contributed by atoms with Crippen molar-refractivity contribution in [1.82, 2.24) is 10.2 Å². The molecule has 0 aliphatic rings. The Morgan fingerprint density at radius 2 is 1.78 bits per heavy atom. The second-order valence-corrected chi connectivity index (χ2v) is 5.02. The standard InChI is InChI=1S/C14H27N3O/c1-2-3-4-5-6-7-8-9-10-13(18)12-11-16-17-14(12)15/h11,13,18H,2-10H2,1H3,(H3,15,16,17). The molecule has 0 amide bonds. The summed E-state index contributed by atoms with van der Waals surface area (Å²) in [6.45, 7) is 2.24. The number of aromatic amines is 1. The highest BCUT2D eigenvalue weighted by Gasteiger charge is 2.11. The van der Waals surface area contributed by atoms with Gasteiger partial charge in [0.05, 0.1) is 12.3 Å². The summed E-state index contributed by atoms with van der Waals surface area (Å²) in [6, 6.07) is 0. The SMILES string of the molecule is CCCCCCCCCCC(O)c1cn[nH]c1N. The molecule has 0 fully saturated rings. The molecule has 4 heteroatoms. The zero-order valence-corrected chi connectivity index (χ0v) is 11.5. The Kier molecular flexibility index (Phi) is 7.49. The van der Waals surface area contributed by atoms with Crippen LogP contribution in [0, 0.1) is 0 Å². The highest BCUT2D eigenvalue weighted by atomic mass is 16.3. The number of anilines is 1. The van der Waals surface area contributed by atoms with Gasteiger partial charge < -0.3 is 10.8 Å². The molecule has 0 aliphatic carbocycles. The summed E-state index contributed by atoms with van der Waals surface area (Å²) in [6.07, 6.45) is 12.2. The Labute approximate surface area is 110 Å². The zero-order valence-electron chi connectivity index (χ0n) is 11.5. The minimum atomic E-state index is -0.469. The van der Waals surface area contributed by atoms with Gasteiger partial charge >= 0.3 is 0 Å². The Bertz CT molecular complexity index is 312. The van der Waals surface area contributed by atoms with E-state index in [4.69, 9.17) is 5.73 Å². The quantitative estimate of drug-likeness (QED) is 0.558. The van der Waals surface area contributed by atoms with Gasteiger partial charge in [0, 0.05) is 5.56 Å². The lowest BCUT2D eigenvalue weighted by Gasteiger charge is -2.09. The molecule has 0 aliphatic heterocycles. The molecule has 0 saturated carbocycles. The van der Waals surface area contributed by atoms with E-state index in [1.165, 1.54) is 44.9 Å². The van der Waals surface area contributed by atoms with E-state index < -0.39 is 6.10 Å². The Hall–Kier alpha value is -1.03. The fraction of sp³-hybridized carbons (Fsp3) is 0.786. The van der Waals surface area contributed by atoms with Crippen molar-refractivity contribution in [2.24, 2.45) is 0 Å². The van der Waals surface area contributed by atoms with Gasteiger partial charge in [-0.3, -0.25) is 5.10 Å². The van der Waals surface area contributed by atoms with Crippen LogP contribution in [0.2, 0.25) is 0 Å². The third kappa shape index (κ3) is 5.54. The van der Waals surface area contributed by atoms with Crippen LogP contribution in [0.15, 0.2) is 6.20 Å². The van der Waals surface area contributed by atoms with Gasteiger partial charge in [0.2, 0.25) is 0 Å². The molecule has 1 aromatic rings. The smallest absolute Gasteiger partial charge is 0.124 e. The highest BCUT2D eigenvalue weighted by Crippen LogP contribution is 2.23. The minimum absolute atomic E-state index is 0.469. The summed E-state index contributed by atoms with van der Waals surface area (Å²) in [4.78, 5) is 0. The number of H-pyrrole nitrogens is 1. The van der Waals surface area contributed by atoms with Crippen LogP contribution in [0.25, 0.3) is 0 Å². The van der Waals surface area contributed by atoms with Gasteiger partial charge in [0.25, 0.3) is 0 Å². The molecule has 4 N–H and O–H groups in total. The van der Waals surface area contributed by atoms with Crippen molar-refractivity contribution in [3.63, 3.8) is 0 Å². The van der Waals surface area contributed by atoms with E-state index in [1.807, 2.05) is 0 Å². The second-order valence-electron chi connectivity index (χ2n) is 5.02. The average Bonchev–Trinajstić information content (AvgIpc) is 2.79. The third-order valence-corrected chi connectivity index (χ3v) is 3.39. The van der Waals surface area contributed by atoms with Gasteiger partial charge in [0.15, 0.2) is 0 Å². The van der Waals surface area contributed by atoms with Crippen molar-refractivity contribution in [3.8, 4) is 0 Å². The number of nitrogens with zero attached hydrogens (tertiary/aromatic N) is 1. The largest absolute Gasteiger partial charge is 0.388 e. The van der Waals surface area contributed by atoms with Gasteiger partial charge in [-0.05, 0) is 6.42 Å². The number of aromatic nitrogens is 2. The molecule has 4 nitrogen and oxygen atoms in total. The maximum atomic E-state index is 9.92. The number of hydrogen-bond acceptors (Lipinski definition) is 3. The summed E-state index contributed by atoms with van der Waals surface area (Å²) in [5.41, 5.74) is 6.40. The van der Waals surface area contributed by atoms with E-state index in [2.05, 4.69) is 17.1 Å². The number of nitrogen functional groups attached to an aromatic ring is 1. The number of rotatable bonds is 10. The molecule has 18 heavy (non-hydrogen) atoms. The molecule has 0 radical (unpaired) electrons. The second kappa shape index (κ2) is 8.97. The molecule has 0 bridgehead atoms.